The van der Waals surface area contributed by atoms with E-state index in [0.717, 1.165) is 12.8 Å². The van der Waals surface area contributed by atoms with Crippen molar-refractivity contribution < 1.29 is 19.5 Å². The minimum atomic E-state index is -1.06. The van der Waals surface area contributed by atoms with Gasteiger partial charge in [-0.15, -0.1) is 0 Å². The molecule has 1 aromatic heterocycles. The topological polar surface area (TPSA) is 93.4 Å². The van der Waals surface area contributed by atoms with Crippen LogP contribution in [0.25, 0.3) is 0 Å². The summed E-state index contributed by atoms with van der Waals surface area (Å²) in [4.78, 5) is 48.6. The summed E-state index contributed by atoms with van der Waals surface area (Å²) >= 11 is 0. The Morgan fingerprint density at radius 1 is 1.11 bits per heavy atom. The van der Waals surface area contributed by atoms with Crippen molar-refractivity contribution in [3.8, 4) is 0 Å². The average Bonchev–Trinajstić information content (AvgIpc) is 3.46. The highest BCUT2D eigenvalue weighted by Gasteiger charge is 2.26. The second-order valence-corrected chi connectivity index (χ2v) is 6.93. The molecule has 0 bridgehead atoms. The second kappa shape index (κ2) is 7.70. The highest BCUT2D eigenvalue weighted by molar-refractivity contribution is 6.01. The Bertz CT molecular complexity index is 969. The van der Waals surface area contributed by atoms with Crippen molar-refractivity contribution in [3.63, 3.8) is 0 Å². The Hall–Kier alpha value is -3.02. The quantitative estimate of drug-likeness (QED) is 0.723. The minimum Gasteiger partial charge on any atom is -0.478 e. The van der Waals surface area contributed by atoms with Crippen LogP contribution in [-0.2, 0) is 6.54 Å². The first-order valence-corrected chi connectivity index (χ1v) is 9.02. The van der Waals surface area contributed by atoms with Crippen LogP contribution in [0.15, 0.2) is 41.3 Å². The number of ketones is 2. The number of carbonyl (C=O) groups excluding carboxylic acids is 2. The van der Waals surface area contributed by atoms with E-state index in [4.69, 9.17) is 5.11 Å². The summed E-state index contributed by atoms with van der Waals surface area (Å²) < 4.78 is 1.32. The van der Waals surface area contributed by atoms with Crippen LogP contribution in [0.1, 0.15) is 69.2 Å². The molecule has 0 saturated heterocycles. The number of rotatable bonds is 8. The van der Waals surface area contributed by atoms with Crippen LogP contribution in [0, 0.1) is 5.92 Å². The van der Waals surface area contributed by atoms with Gasteiger partial charge in [0.15, 0.2) is 11.6 Å². The number of aromatic carboxylic acids is 1. The number of aromatic nitrogens is 1. The van der Waals surface area contributed by atoms with Crippen LogP contribution < -0.4 is 5.56 Å². The molecule has 1 N–H and O–H groups in total. The van der Waals surface area contributed by atoms with E-state index in [-0.39, 0.29) is 35.7 Å². The molecule has 0 spiro atoms. The van der Waals surface area contributed by atoms with Gasteiger partial charge in [0, 0.05) is 24.6 Å². The lowest BCUT2D eigenvalue weighted by atomic mass is 10.0. The number of carbonyl (C=O) groups is 3. The van der Waals surface area contributed by atoms with Crippen molar-refractivity contribution in [2.75, 3.05) is 0 Å². The first-order chi connectivity index (χ1) is 12.9. The summed E-state index contributed by atoms with van der Waals surface area (Å²) in [6.45, 7) is 1.76. The van der Waals surface area contributed by atoms with E-state index < -0.39 is 11.5 Å². The molecular weight excluding hydrogens is 346 g/mol. The van der Waals surface area contributed by atoms with Gasteiger partial charge in [-0.05, 0) is 42.5 Å². The van der Waals surface area contributed by atoms with Gasteiger partial charge < -0.3 is 9.67 Å². The van der Waals surface area contributed by atoms with Gasteiger partial charge in [0.25, 0.3) is 5.56 Å². The summed E-state index contributed by atoms with van der Waals surface area (Å²) in [6.07, 6.45) is 4.14. The number of carboxylic acid groups (broad SMARTS) is 1. The SMILES string of the molecule is CCC(=O)c1cc(C(=O)CC2CC2)cn(Cc2cccc(C(=O)O)c2)c1=O. The molecule has 0 unspecified atom stereocenters. The standard InChI is InChI=1S/C21H21NO5/c1-2-18(23)17-10-16(19(24)9-13-6-7-13)12-22(20(17)25)11-14-4-3-5-15(8-14)21(26)27/h3-5,8,10,12-13H,2,6-7,9,11H2,1H3,(H,26,27). The molecule has 27 heavy (non-hydrogen) atoms. The molecule has 1 fully saturated rings. The van der Waals surface area contributed by atoms with Crippen LogP contribution in [-0.4, -0.2) is 27.2 Å². The zero-order valence-electron chi connectivity index (χ0n) is 15.1. The zero-order chi connectivity index (χ0) is 19.6. The van der Waals surface area contributed by atoms with Crippen LogP contribution >= 0.6 is 0 Å². The largest absolute Gasteiger partial charge is 0.478 e. The molecular formula is C21H21NO5. The molecule has 6 nitrogen and oxygen atoms in total. The Morgan fingerprint density at radius 3 is 2.48 bits per heavy atom. The van der Waals surface area contributed by atoms with Crippen molar-refractivity contribution in [1.29, 1.82) is 0 Å². The fourth-order valence-electron chi connectivity index (χ4n) is 3.00. The maximum atomic E-state index is 12.7. The maximum Gasteiger partial charge on any atom is 0.335 e. The lowest BCUT2D eigenvalue weighted by molar-refractivity contribution is 0.0696. The summed E-state index contributed by atoms with van der Waals surface area (Å²) in [7, 11) is 0. The third-order valence-electron chi connectivity index (χ3n) is 4.73. The average molecular weight is 367 g/mol. The van der Waals surface area contributed by atoms with Crippen molar-refractivity contribution in [3.05, 3.63) is 69.1 Å². The lowest BCUT2D eigenvalue weighted by Gasteiger charge is -2.11. The molecule has 0 atom stereocenters. The van der Waals surface area contributed by atoms with E-state index in [0.29, 0.717) is 23.5 Å². The van der Waals surface area contributed by atoms with E-state index in [1.165, 1.54) is 29.0 Å². The normalized spacial score (nSPS) is 13.4. The summed E-state index contributed by atoms with van der Waals surface area (Å²) in [5.74, 6) is -1.04. The molecule has 1 aliphatic carbocycles. The second-order valence-electron chi connectivity index (χ2n) is 6.93. The number of nitrogens with zero attached hydrogens (tertiary/aromatic N) is 1. The fraction of sp³-hybridized carbons (Fsp3) is 0.333. The Morgan fingerprint density at radius 2 is 1.85 bits per heavy atom. The van der Waals surface area contributed by atoms with Crippen LogP contribution in [0.3, 0.4) is 0 Å². The molecule has 0 amide bonds. The number of carboxylic acids is 1. The van der Waals surface area contributed by atoms with Gasteiger partial charge >= 0.3 is 5.97 Å². The third kappa shape index (κ3) is 4.39. The predicted molar refractivity (Wildman–Crippen MR) is 99.5 cm³/mol. The predicted octanol–water partition coefficient (Wildman–Crippen LogP) is 3.17. The summed E-state index contributed by atoms with van der Waals surface area (Å²) in [5.41, 5.74) is 0.622. The van der Waals surface area contributed by atoms with E-state index >= 15 is 0 Å². The molecule has 0 aliphatic heterocycles. The van der Waals surface area contributed by atoms with Gasteiger partial charge in [0.2, 0.25) is 0 Å². The van der Waals surface area contributed by atoms with E-state index in [1.807, 2.05) is 0 Å². The van der Waals surface area contributed by atoms with E-state index in [9.17, 15) is 19.2 Å². The monoisotopic (exact) mass is 367 g/mol. The Labute approximate surface area is 156 Å². The highest BCUT2D eigenvalue weighted by Crippen LogP contribution is 2.33. The van der Waals surface area contributed by atoms with Gasteiger partial charge in [-0.3, -0.25) is 14.4 Å². The minimum absolute atomic E-state index is 0.00790. The van der Waals surface area contributed by atoms with Gasteiger partial charge in [-0.2, -0.15) is 0 Å². The molecule has 1 saturated carbocycles. The smallest absolute Gasteiger partial charge is 0.335 e. The summed E-state index contributed by atoms with van der Waals surface area (Å²) in [5, 5.41) is 9.13. The Kier molecular flexibility index (Phi) is 5.35. The molecule has 0 radical (unpaired) electrons. The number of hydrogen-bond donors (Lipinski definition) is 1. The zero-order valence-corrected chi connectivity index (χ0v) is 15.1. The Balaban J connectivity index is 2.00. The fourth-order valence-corrected chi connectivity index (χ4v) is 3.00. The van der Waals surface area contributed by atoms with Crippen molar-refractivity contribution in [2.24, 2.45) is 5.92 Å². The van der Waals surface area contributed by atoms with Crippen molar-refractivity contribution >= 4 is 17.5 Å². The molecule has 2 aromatic rings. The number of pyridine rings is 1. The van der Waals surface area contributed by atoms with Gasteiger partial charge in [0.05, 0.1) is 17.7 Å². The molecule has 6 heteroatoms. The third-order valence-corrected chi connectivity index (χ3v) is 4.73. The summed E-state index contributed by atoms with van der Waals surface area (Å²) in [6, 6.07) is 7.66. The molecule has 1 heterocycles. The van der Waals surface area contributed by atoms with Crippen molar-refractivity contribution in [1.82, 2.24) is 4.57 Å². The molecule has 140 valence electrons. The first kappa shape index (κ1) is 18.8. The lowest BCUT2D eigenvalue weighted by Crippen LogP contribution is -2.28. The number of hydrogen-bond acceptors (Lipinski definition) is 4. The molecule has 1 aliphatic rings. The van der Waals surface area contributed by atoms with Gasteiger partial charge in [-0.1, -0.05) is 19.1 Å². The number of Topliss-reactive ketones (excluding diaryl/α,β-unsaturated/α-hetero) is 2. The van der Waals surface area contributed by atoms with Crippen molar-refractivity contribution in [2.45, 2.75) is 39.2 Å². The van der Waals surface area contributed by atoms with Gasteiger partial charge in [-0.25, -0.2) is 4.79 Å². The van der Waals surface area contributed by atoms with Gasteiger partial charge in [0.1, 0.15) is 0 Å². The van der Waals surface area contributed by atoms with Crippen LogP contribution in [0.2, 0.25) is 0 Å². The first-order valence-electron chi connectivity index (χ1n) is 9.02. The van der Waals surface area contributed by atoms with Crippen LogP contribution in [0.5, 0.6) is 0 Å². The highest BCUT2D eigenvalue weighted by atomic mass is 16.4. The molecule has 3 rings (SSSR count). The van der Waals surface area contributed by atoms with Crippen LogP contribution in [0.4, 0.5) is 0 Å². The molecule has 1 aromatic carbocycles. The van der Waals surface area contributed by atoms with E-state index in [1.54, 1.807) is 19.1 Å². The maximum absolute atomic E-state index is 12.7. The number of benzene rings is 1. The van der Waals surface area contributed by atoms with E-state index in [2.05, 4.69) is 0 Å².